The Hall–Kier alpha value is -1.95. The smallest absolute Gasteiger partial charge is 0.171 e. The second-order valence-electron chi connectivity index (χ2n) is 7.50. The Balaban J connectivity index is 1.44. The van der Waals surface area contributed by atoms with Gasteiger partial charge in [-0.2, -0.15) is 0 Å². The molecule has 2 atom stereocenters. The maximum atomic E-state index is 13.1. The van der Waals surface area contributed by atoms with E-state index < -0.39 is 5.41 Å². The summed E-state index contributed by atoms with van der Waals surface area (Å²) in [5.74, 6) is 2.09. The predicted molar refractivity (Wildman–Crippen MR) is 97.4 cm³/mol. The number of H-pyrrole nitrogens is 1. The van der Waals surface area contributed by atoms with Gasteiger partial charge in [-0.1, -0.05) is 19.8 Å². The molecule has 1 aromatic heterocycles. The normalized spacial score (nSPS) is 25.6. The molecule has 0 saturated heterocycles. The van der Waals surface area contributed by atoms with Crippen molar-refractivity contribution >= 4 is 17.4 Å². The standard InChI is InChI=1S/C19H23ClN4O2/c1-19(12-5-2-3-6-12)17(20)15-11-13(8-9-14(15)18(19)25)26-10-4-7-16-21-23-24-22-16/h8-9,11-12,17H,2-7,10H2,1H3,(H,21,22,23,24). The van der Waals surface area contributed by atoms with E-state index in [1.165, 1.54) is 12.8 Å². The van der Waals surface area contributed by atoms with Gasteiger partial charge in [0, 0.05) is 12.0 Å². The molecule has 2 aliphatic carbocycles. The predicted octanol–water partition coefficient (Wildman–Crippen LogP) is 3.88. The zero-order valence-electron chi connectivity index (χ0n) is 14.9. The number of benzene rings is 1. The van der Waals surface area contributed by atoms with E-state index in [1.54, 1.807) is 0 Å². The Bertz CT molecular complexity index is 789. The number of Topliss-reactive ketones (excluding diaryl/α,β-unsaturated/α-hetero) is 1. The highest BCUT2D eigenvalue weighted by Crippen LogP contribution is 2.57. The molecule has 0 spiro atoms. The van der Waals surface area contributed by atoms with Gasteiger partial charge in [0.15, 0.2) is 5.78 Å². The number of ketones is 1. The molecule has 0 aliphatic heterocycles. The van der Waals surface area contributed by atoms with Crippen molar-refractivity contribution in [3.8, 4) is 5.75 Å². The molecule has 4 rings (SSSR count). The molecule has 1 saturated carbocycles. The Kier molecular flexibility index (Phi) is 4.69. The molecule has 1 aromatic carbocycles. The number of aromatic amines is 1. The highest BCUT2D eigenvalue weighted by atomic mass is 35.5. The average Bonchev–Trinajstić information content (AvgIpc) is 3.39. The minimum absolute atomic E-state index is 0.198. The van der Waals surface area contributed by atoms with E-state index in [9.17, 15) is 4.79 Å². The van der Waals surface area contributed by atoms with Gasteiger partial charge in [0.1, 0.15) is 11.6 Å². The number of ether oxygens (including phenoxy) is 1. The number of alkyl halides is 1. The lowest BCUT2D eigenvalue weighted by atomic mass is 9.72. The molecule has 7 heteroatoms. The first-order chi connectivity index (χ1) is 12.6. The summed E-state index contributed by atoms with van der Waals surface area (Å²) in [4.78, 5) is 13.1. The van der Waals surface area contributed by atoms with Crippen LogP contribution >= 0.6 is 11.6 Å². The quantitative estimate of drug-likeness (QED) is 0.613. The number of rotatable bonds is 6. The molecule has 2 aromatic rings. The lowest BCUT2D eigenvalue weighted by molar-refractivity contribution is 0.0735. The molecule has 2 aliphatic rings. The molecule has 1 heterocycles. The molecular weight excluding hydrogens is 352 g/mol. The number of carbonyl (C=O) groups is 1. The van der Waals surface area contributed by atoms with E-state index in [4.69, 9.17) is 16.3 Å². The summed E-state index contributed by atoms with van der Waals surface area (Å²) in [6, 6.07) is 5.70. The Morgan fingerprint density at radius 2 is 2.15 bits per heavy atom. The number of hydrogen-bond acceptors (Lipinski definition) is 5. The van der Waals surface area contributed by atoms with Crippen molar-refractivity contribution in [3.63, 3.8) is 0 Å². The van der Waals surface area contributed by atoms with Crippen LogP contribution in [0, 0.1) is 11.3 Å². The van der Waals surface area contributed by atoms with E-state index in [0.29, 0.717) is 12.5 Å². The number of halogens is 1. The van der Waals surface area contributed by atoms with Crippen LogP contribution in [0.25, 0.3) is 0 Å². The third-order valence-electron chi connectivity index (χ3n) is 5.98. The summed E-state index contributed by atoms with van der Waals surface area (Å²) in [5.41, 5.74) is 1.20. The zero-order valence-corrected chi connectivity index (χ0v) is 15.6. The highest BCUT2D eigenvalue weighted by molar-refractivity contribution is 6.27. The molecule has 0 amide bonds. The summed E-state index contributed by atoms with van der Waals surface area (Å²) >= 11 is 6.82. The van der Waals surface area contributed by atoms with E-state index >= 15 is 0 Å². The number of fused-ring (bicyclic) bond motifs is 1. The van der Waals surface area contributed by atoms with E-state index in [1.807, 2.05) is 18.2 Å². The summed E-state index contributed by atoms with van der Waals surface area (Å²) in [6.07, 6.45) is 6.12. The van der Waals surface area contributed by atoms with Crippen molar-refractivity contribution in [1.82, 2.24) is 20.6 Å². The van der Waals surface area contributed by atoms with Gasteiger partial charge < -0.3 is 4.74 Å². The van der Waals surface area contributed by atoms with Crippen molar-refractivity contribution < 1.29 is 9.53 Å². The summed E-state index contributed by atoms with van der Waals surface area (Å²) < 4.78 is 5.85. The van der Waals surface area contributed by atoms with Crippen molar-refractivity contribution in [2.45, 2.75) is 50.8 Å². The number of nitrogens with one attached hydrogen (secondary N) is 1. The third kappa shape index (κ3) is 2.90. The Morgan fingerprint density at radius 1 is 1.35 bits per heavy atom. The SMILES string of the molecule is CC1(C2CCCC2)C(=O)c2ccc(OCCCc3nnn[nH]3)cc2C1Cl. The minimum atomic E-state index is -0.488. The second kappa shape index (κ2) is 6.99. The van der Waals surface area contributed by atoms with Gasteiger partial charge in [-0.25, -0.2) is 5.10 Å². The largest absolute Gasteiger partial charge is 0.494 e. The Morgan fingerprint density at radius 3 is 2.88 bits per heavy atom. The lowest BCUT2D eigenvalue weighted by Gasteiger charge is -2.32. The fraction of sp³-hybridized carbons (Fsp3) is 0.579. The maximum Gasteiger partial charge on any atom is 0.171 e. The molecule has 6 nitrogen and oxygen atoms in total. The van der Waals surface area contributed by atoms with Gasteiger partial charge in [-0.15, -0.1) is 16.7 Å². The Labute approximate surface area is 157 Å². The van der Waals surface area contributed by atoms with Crippen LogP contribution in [0.1, 0.15) is 66.2 Å². The van der Waals surface area contributed by atoms with Gasteiger partial charge in [0.2, 0.25) is 0 Å². The van der Waals surface area contributed by atoms with Crippen molar-refractivity contribution in [1.29, 1.82) is 0 Å². The topological polar surface area (TPSA) is 80.8 Å². The van der Waals surface area contributed by atoms with E-state index in [2.05, 4.69) is 27.5 Å². The lowest BCUT2D eigenvalue weighted by Crippen LogP contribution is -2.33. The minimum Gasteiger partial charge on any atom is -0.494 e. The second-order valence-corrected chi connectivity index (χ2v) is 7.94. The van der Waals surface area contributed by atoms with Crippen LogP contribution in [0.3, 0.4) is 0 Å². The molecule has 2 unspecified atom stereocenters. The van der Waals surface area contributed by atoms with Crippen LogP contribution in [0.15, 0.2) is 18.2 Å². The van der Waals surface area contributed by atoms with Crippen molar-refractivity contribution in [2.24, 2.45) is 11.3 Å². The van der Waals surface area contributed by atoms with Crippen LogP contribution in [-0.2, 0) is 6.42 Å². The summed E-state index contributed by atoms with van der Waals surface area (Å²) in [5, 5.41) is 13.4. The number of hydrogen-bond donors (Lipinski definition) is 1. The van der Waals surface area contributed by atoms with Crippen LogP contribution in [0.2, 0.25) is 0 Å². The fourth-order valence-electron chi connectivity index (χ4n) is 4.41. The van der Waals surface area contributed by atoms with Gasteiger partial charge >= 0.3 is 0 Å². The average molecular weight is 375 g/mol. The summed E-state index contributed by atoms with van der Waals surface area (Å²) in [6.45, 7) is 2.61. The summed E-state index contributed by atoms with van der Waals surface area (Å²) in [7, 11) is 0. The first kappa shape index (κ1) is 17.5. The number of nitrogens with zero attached hydrogens (tertiary/aromatic N) is 3. The molecule has 138 valence electrons. The molecule has 1 fully saturated rings. The molecule has 1 N–H and O–H groups in total. The molecule has 0 bridgehead atoms. The van der Waals surface area contributed by atoms with E-state index in [-0.39, 0.29) is 11.2 Å². The molecular formula is C19H23ClN4O2. The van der Waals surface area contributed by atoms with Gasteiger partial charge in [-0.05, 0) is 59.4 Å². The van der Waals surface area contributed by atoms with E-state index in [0.717, 1.165) is 48.4 Å². The zero-order chi connectivity index (χ0) is 18.1. The van der Waals surface area contributed by atoms with Gasteiger partial charge in [0.25, 0.3) is 0 Å². The monoisotopic (exact) mass is 374 g/mol. The van der Waals surface area contributed by atoms with Crippen LogP contribution in [-0.4, -0.2) is 33.0 Å². The van der Waals surface area contributed by atoms with Gasteiger partial charge in [0.05, 0.1) is 17.4 Å². The van der Waals surface area contributed by atoms with Gasteiger partial charge in [-0.3, -0.25) is 4.79 Å². The number of carbonyl (C=O) groups excluding carboxylic acids is 1. The molecule has 26 heavy (non-hydrogen) atoms. The number of aryl methyl sites for hydroxylation is 1. The third-order valence-corrected chi connectivity index (χ3v) is 6.66. The van der Waals surface area contributed by atoms with Crippen LogP contribution in [0.4, 0.5) is 0 Å². The fourth-order valence-corrected chi connectivity index (χ4v) is 4.87. The van der Waals surface area contributed by atoms with Crippen molar-refractivity contribution in [3.05, 3.63) is 35.2 Å². The number of tetrazole rings is 1. The van der Waals surface area contributed by atoms with Crippen LogP contribution in [0.5, 0.6) is 5.75 Å². The maximum absolute atomic E-state index is 13.1. The first-order valence-corrected chi connectivity index (χ1v) is 9.72. The number of aromatic nitrogens is 4. The highest BCUT2D eigenvalue weighted by Gasteiger charge is 2.53. The molecule has 0 radical (unpaired) electrons. The first-order valence-electron chi connectivity index (χ1n) is 9.29. The van der Waals surface area contributed by atoms with Crippen LogP contribution < -0.4 is 4.74 Å². The van der Waals surface area contributed by atoms with Crippen molar-refractivity contribution in [2.75, 3.05) is 6.61 Å².